The molecule has 1 aliphatic carbocycles. The zero-order valence-corrected chi connectivity index (χ0v) is 30.7. The van der Waals surface area contributed by atoms with Gasteiger partial charge < -0.3 is 9.32 Å². The highest BCUT2D eigenvalue weighted by Crippen LogP contribution is 2.52. The van der Waals surface area contributed by atoms with E-state index in [2.05, 4.69) is 202 Å². The first-order valence-corrected chi connectivity index (χ1v) is 18.8. The summed E-state index contributed by atoms with van der Waals surface area (Å²) in [6, 6.07) is 66.1. The van der Waals surface area contributed by atoms with E-state index in [-0.39, 0.29) is 5.41 Å². The number of hydrogen-bond acceptors (Lipinski definition) is 2. The molecule has 0 spiro atoms. The third-order valence-electron chi connectivity index (χ3n) is 11.4. The molecule has 1 heterocycles. The summed E-state index contributed by atoms with van der Waals surface area (Å²) in [4.78, 5) is 2.38. The van der Waals surface area contributed by atoms with Crippen LogP contribution >= 0.6 is 0 Å². The van der Waals surface area contributed by atoms with Crippen LogP contribution in [-0.4, -0.2) is 0 Å². The van der Waals surface area contributed by atoms with E-state index in [9.17, 15) is 0 Å². The molecule has 2 nitrogen and oxygen atoms in total. The van der Waals surface area contributed by atoms with E-state index in [0.717, 1.165) is 39.0 Å². The monoisotopic (exact) mass is 693 g/mol. The van der Waals surface area contributed by atoms with E-state index >= 15 is 0 Å². The lowest BCUT2D eigenvalue weighted by molar-refractivity contribution is 0.660. The molecule has 0 unspecified atom stereocenters. The normalized spacial score (nSPS) is 12.9. The molecule has 258 valence electrons. The summed E-state index contributed by atoms with van der Waals surface area (Å²) in [5, 5.41) is 2.28. The van der Waals surface area contributed by atoms with Crippen molar-refractivity contribution >= 4 is 39.0 Å². The molecule has 10 rings (SSSR count). The quantitative estimate of drug-likeness (QED) is 0.172. The zero-order valence-electron chi connectivity index (χ0n) is 30.7. The van der Waals surface area contributed by atoms with Crippen molar-refractivity contribution in [3.8, 4) is 44.5 Å². The second-order valence-electron chi connectivity index (χ2n) is 15.1. The number of nitrogens with zero attached hydrogens (tertiary/aromatic N) is 1. The number of aryl methyl sites for hydroxylation is 1. The summed E-state index contributed by atoms with van der Waals surface area (Å²) in [5.74, 6) is 0. The van der Waals surface area contributed by atoms with Crippen molar-refractivity contribution in [2.24, 2.45) is 0 Å². The fourth-order valence-corrected chi connectivity index (χ4v) is 8.47. The third kappa shape index (κ3) is 5.25. The molecule has 0 amide bonds. The molecule has 1 aliphatic rings. The highest BCUT2D eigenvalue weighted by atomic mass is 16.3. The van der Waals surface area contributed by atoms with Gasteiger partial charge in [0, 0.05) is 33.2 Å². The predicted molar refractivity (Wildman–Crippen MR) is 227 cm³/mol. The lowest BCUT2D eigenvalue weighted by Gasteiger charge is -2.28. The van der Waals surface area contributed by atoms with Crippen molar-refractivity contribution in [2.45, 2.75) is 26.2 Å². The van der Waals surface area contributed by atoms with Crippen LogP contribution in [0.25, 0.3) is 66.4 Å². The van der Waals surface area contributed by atoms with E-state index in [4.69, 9.17) is 4.42 Å². The van der Waals surface area contributed by atoms with Crippen molar-refractivity contribution in [1.82, 2.24) is 0 Å². The molecule has 0 atom stereocenters. The maximum absolute atomic E-state index is 6.43. The average molecular weight is 694 g/mol. The summed E-state index contributed by atoms with van der Waals surface area (Å²) in [6.07, 6.45) is 0. The van der Waals surface area contributed by atoms with Gasteiger partial charge in [-0.25, -0.2) is 0 Å². The molecular formula is C52H39NO. The Balaban J connectivity index is 1.08. The minimum atomic E-state index is -0.219. The van der Waals surface area contributed by atoms with E-state index in [0.29, 0.717) is 0 Å². The fourth-order valence-electron chi connectivity index (χ4n) is 8.47. The summed E-state index contributed by atoms with van der Waals surface area (Å²) >= 11 is 0. The second kappa shape index (κ2) is 12.5. The van der Waals surface area contributed by atoms with Crippen molar-refractivity contribution in [3.05, 3.63) is 199 Å². The Bertz CT molecular complexity index is 2830. The standard InChI is InChI=1S/C52H39NO/c1-34-18-23-39(24-19-34)53(40-25-20-36(21-26-40)35-12-6-4-7-13-35)41-27-29-43-42-28-22-38(30-48(42)52(2,3)49(43)31-41)46-33-51-47(44-16-10-11-17-50(44)54-51)32-45(46)37-14-8-5-9-15-37/h4-33H,1-3H3. The van der Waals surface area contributed by atoms with Crippen LogP contribution in [0.4, 0.5) is 17.1 Å². The first-order chi connectivity index (χ1) is 26.4. The average Bonchev–Trinajstić information content (AvgIpc) is 3.69. The molecule has 0 aliphatic heterocycles. The summed E-state index contributed by atoms with van der Waals surface area (Å²) in [7, 11) is 0. The van der Waals surface area contributed by atoms with E-state index in [1.54, 1.807) is 0 Å². The SMILES string of the molecule is Cc1ccc(N(c2ccc(-c3ccccc3)cc2)c2ccc3c(c2)C(C)(C)c2cc(-c4cc5oc6ccccc6c5cc4-c4ccccc4)ccc2-3)cc1. The van der Waals surface area contributed by atoms with Crippen molar-refractivity contribution in [2.75, 3.05) is 4.90 Å². The van der Waals surface area contributed by atoms with Gasteiger partial charge in [-0.3, -0.25) is 0 Å². The number of para-hydroxylation sites is 1. The molecule has 0 saturated carbocycles. The molecule has 0 fully saturated rings. The number of fused-ring (bicyclic) bond motifs is 6. The van der Waals surface area contributed by atoms with Crippen molar-refractivity contribution in [3.63, 3.8) is 0 Å². The number of anilines is 3. The maximum atomic E-state index is 6.43. The third-order valence-corrected chi connectivity index (χ3v) is 11.4. The van der Waals surface area contributed by atoms with Gasteiger partial charge in [-0.1, -0.05) is 141 Å². The van der Waals surface area contributed by atoms with Crippen LogP contribution < -0.4 is 4.90 Å². The Morgan fingerprint density at radius 3 is 1.65 bits per heavy atom. The van der Waals surface area contributed by atoms with Gasteiger partial charge in [0.1, 0.15) is 11.2 Å². The van der Waals surface area contributed by atoms with Gasteiger partial charge in [0.15, 0.2) is 0 Å². The number of hydrogen-bond donors (Lipinski definition) is 0. The van der Waals surface area contributed by atoms with Crippen LogP contribution in [0, 0.1) is 6.92 Å². The first-order valence-electron chi connectivity index (χ1n) is 18.8. The van der Waals surface area contributed by atoms with Crippen LogP contribution in [0.5, 0.6) is 0 Å². The first kappa shape index (κ1) is 32.0. The lowest BCUT2D eigenvalue weighted by Crippen LogP contribution is -2.16. The lowest BCUT2D eigenvalue weighted by atomic mass is 9.81. The maximum Gasteiger partial charge on any atom is 0.136 e. The van der Waals surface area contributed by atoms with Crippen LogP contribution in [0.3, 0.4) is 0 Å². The molecule has 54 heavy (non-hydrogen) atoms. The highest BCUT2D eigenvalue weighted by molar-refractivity contribution is 6.09. The van der Waals surface area contributed by atoms with Crippen LogP contribution in [0.2, 0.25) is 0 Å². The van der Waals surface area contributed by atoms with Gasteiger partial charge in [-0.05, 0) is 123 Å². The summed E-state index contributed by atoms with van der Waals surface area (Å²) < 4.78 is 6.43. The van der Waals surface area contributed by atoms with Gasteiger partial charge in [0.05, 0.1) is 0 Å². The molecule has 0 N–H and O–H groups in total. The van der Waals surface area contributed by atoms with E-state index < -0.39 is 0 Å². The fraction of sp³-hybridized carbons (Fsp3) is 0.0769. The number of benzene rings is 8. The topological polar surface area (TPSA) is 16.4 Å². The molecule has 1 aromatic heterocycles. The minimum Gasteiger partial charge on any atom is -0.456 e. The number of furan rings is 1. The Kier molecular flexibility index (Phi) is 7.42. The largest absolute Gasteiger partial charge is 0.456 e. The summed E-state index contributed by atoms with van der Waals surface area (Å²) in [5.41, 5.74) is 18.7. The predicted octanol–water partition coefficient (Wildman–Crippen LogP) is 14.7. The Labute approximate surface area is 316 Å². The minimum absolute atomic E-state index is 0.219. The summed E-state index contributed by atoms with van der Waals surface area (Å²) in [6.45, 7) is 6.89. The van der Waals surface area contributed by atoms with E-state index in [1.807, 2.05) is 6.07 Å². The molecule has 0 bridgehead atoms. The Hall–Kier alpha value is -6.64. The van der Waals surface area contributed by atoms with Gasteiger partial charge in [-0.2, -0.15) is 0 Å². The van der Waals surface area contributed by atoms with E-state index in [1.165, 1.54) is 61.2 Å². The molecule has 0 saturated heterocycles. The molecule has 8 aromatic carbocycles. The van der Waals surface area contributed by atoms with Crippen LogP contribution in [0.1, 0.15) is 30.5 Å². The molecule has 2 heteroatoms. The highest BCUT2D eigenvalue weighted by Gasteiger charge is 2.36. The van der Waals surface area contributed by atoms with Crippen LogP contribution in [-0.2, 0) is 5.41 Å². The van der Waals surface area contributed by atoms with Crippen molar-refractivity contribution in [1.29, 1.82) is 0 Å². The smallest absolute Gasteiger partial charge is 0.136 e. The van der Waals surface area contributed by atoms with Gasteiger partial charge in [-0.15, -0.1) is 0 Å². The number of rotatable bonds is 6. The van der Waals surface area contributed by atoms with Gasteiger partial charge >= 0.3 is 0 Å². The zero-order chi connectivity index (χ0) is 36.4. The van der Waals surface area contributed by atoms with Crippen LogP contribution in [0.15, 0.2) is 186 Å². The van der Waals surface area contributed by atoms with Gasteiger partial charge in [0.2, 0.25) is 0 Å². The molecular weight excluding hydrogens is 655 g/mol. The molecule has 9 aromatic rings. The molecule has 0 radical (unpaired) electrons. The Morgan fingerprint density at radius 1 is 0.389 bits per heavy atom. The van der Waals surface area contributed by atoms with Gasteiger partial charge in [0.25, 0.3) is 0 Å². The van der Waals surface area contributed by atoms with Crippen molar-refractivity contribution < 1.29 is 4.42 Å². The second-order valence-corrected chi connectivity index (χ2v) is 15.1. The Morgan fingerprint density at radius 2 is 0.926 bits per heavy atom.